The zero-order valence-electron chi connectivity index (χ0n) is 12.1. The summed E-state index contributed by atoms with van der Waals surface area (Å²) in [4.78, 5) is 13.9. The Labute approximate surface area is 124 Å². The van der Waals surface area contributed by atoms with Crippen molar-refractivity contribution in [3.05, 3.63) is 18.0 Å². The average Bonchev–Trinajstić information content (AvgIpc) is 3.07. The molecule has 2 aliphatic heterocycles. The summed E-state index contributed by atoms with van der Waals surface area (Å²) >= 11 is 2.01. The highest BCUT2D eigenvalue weighted by Crippen LogP contribution is 2.31. The smallest absolute Gasteiger partial charge is 0.222 e. The molecule has 20 heavy (non-hydrogen) atoms. The molecule has 1 N–H and O–H groups in total. The largest absolute Gasteiger partial charge is 0.336 e. The molecule has 0 bridgehead atoms. The van der Waals surface area contributed by atoms with Gasteiger partial charge in [0.2, 0.25) is 5.91 Å². The third kappa shape index (κ3) is 2.59. The van der Waals surface area contributed by atoms with E-state index in [-0.39, 0.29) is 11.9 Å². The molecule has 0 saturated carbocycles. The van der Waals surface area contributed by atoms with Crippen LogP contribution in [0.1, 0.15) is 31.0 Å². The van der Waals surface area contributed by atoms with E-state index in [1.807, 2.05) is 47.7 Å². The SMILES string of the molecule is CN1C(=O)CC[C@@H](NC2CCSC2)[C@@H]1c1ccnn1C. The van der Waals surface area contributed by atoms with Gasteiger partial charge in [-0.3, -0.25) is 9.48 Å². The minimum absolute atomic E-state index is 0.0920. The van der Waals surface area contributed by atoms with E-state index in [4.69, 9.17) is 0 Å². The molecule has 110 valence electrons. The molecule has 2 saturated heterocycles. The molecule has 1 unspecified atom stereocenters. The van der Waals surface area contributed by atoms with Gasteiger partial charge in [0.05, 0.1) is 11.7 Å². The van der Waals surface area contributed by atoms with Gasteiger partial charge in [0.15, 0.2) is 0 Å². The van der Waals surface area contributed by atoms with Crippen LogP contribution in [0.5, 0.6) is 0 Å². The molecule has 1 amide bonds. The number of nitrogens with zero attached hydrogens (tertiary/aromatic N) is 3. The number of likely N-dealkylation sites (tertiary alicyclic amines) is 1. The summed E-state index contributed by atoms with van der Waals surface area (Å²) in [6.07, 6.45) is 4.60. The molecular weight excluding hydrogens is 272 g/mol. The van der Waals surface area contributed by atoms with E-state index in [0.717, 1.165) is 12.1 Å². The number of amides is 1. The van der Waals surface area contributed by atoms with Gasteiger partial charge in [-0.2, -0.15) is 16.9 Å². The average molecular weight is 294 g/mol. The number of likely N-dealkylation sites (N-methyl/N-ethyl adjacent to an activating group) is 1. The third-order valence-corrected chi connectivity index (χ3v) is 5.56. The maximum absolute atomic E-state index is 12.1. The molecule has 3 heterocycles. The van der Waals surface area contributed by atoms with Gasteiger partial charge in [-0.25, -0.2) is 0 Å². The maximum Gasteiger partial charge on any atom is 0.222 e. The van der Waals surface area contributed by atoms with Crippen LogP contribution in [0.25, 0.3) is 0 Å². The standard InChI is InChI=1S/C14H22N4OS/c1-17-13(19)4-3-11(16-10-6-8-20-9-10)14(17)12-5-7-15-18(12)2/h5,7,10-11,14,16H,3-4,6,8-9H2,1-2H3/t10?,11-,14-/m1/s1. The van der Waals surface area contributed by atoms with Crippen molar-refractivity contribution >= 4 is 17.7 Å². The molecule has 6 heteroatoms. The molecule has 1 aromatic heterocycles. The van der Waals surface area contributed by atoms with E-state index >= 15 is 0 Å². The van der Waals surface area contributed by atoms with E-state index in [1.54, 1.807) is 0 Å². The van der Waals surface area contributed by atoms with Gasteiger partial charge < -0.3 is 10.2 Å². The number of carbonyl (C=O) groups is 1. The van der Waals surface area contributed by atoms with Crippen LogP contribution in [0.3, 0.4) is 0 Å². The topological polar surface area (TPSA) is 50.2 Å². The van der Waals surface area contributed by atoms with Crippen LogP contribution in [-0.4, -0.2) is 51.2 Å². The summed E-state index contributed by atoms with van der Waals surface area (Å²) in [5.41, 5.74) is 1.11. The lowest BCUT2D eigenvalue weighted by Gasteiger charge is -2.40. The van der Waals surface area contributed by atoms with Gasteiger partial charge in [-0.1, -0.05) is 0 Å². The normalized spacial score (nSPS) is 31.0. The molecule has 0 aliphatic carbocycles. The number of aromatic nitrogens is 2. The highest BCUT2D eigenvalue weighted by molar-refractivity contribution is 7.99. The second-order valence-corrected chi connectivity index (χ2v) is 6.85. The first-order chi connectivity index (χ1) is 9.66. The van der Waals surface area contributed by atoms with Crippen LogP contribution < -0.4 is 5.32 Å². The second kappa shape index (κ2) is 5.77. The first-order valence-corrected chi connectivity index (χ1v) is 8.39. The minimum atomic E-state index is 0.0920. The number of aryl methyl sites for hydroxylation is 1. The van der Waals surface area contributed by atoms with Crippen LogP contribution in [-0.2, 0) is 11.8 Å². The highest BCUT2D eigenvalue weighted by Gasteiger charge is 2.37. The zero-order chi connectivity index (χ0) is 14.1. The molecule has 2 fully saturated rings. The summed E-state index contributed by atoms with van der Waals surface area (Å²) in [7, 11) is 3.86. The van der Waals surface area contributed by atoms with E-state index < -0.39 is 0 Å². The van der Waals surface area contributed by atoms with E-state index in [9.17, 15) is 4.79 Å². The van der Waals surface area contributed by atoms with Gasteiger partial charge in [0.25, 0.3) is 0 Å². The number of thioether (sulfide) groups is 1. The Morgan fingerprint density at radius 3 is 2.90 bits per heavy atom. The predicted molar refractivity (Wildman–Crippen MR) is 80.6 cm³/mol. The summed E-state index contributed by atoms with van der Waals surface area (Å²) in [5, 5.41) is 8.04. The number of piperidine rings is 1. The van der Waals surface area contributed by atoms with E-state index in [1.165, 1.54) is 17.9 Å². The van der Waals surface area contributed by atoms with Crippen LogP contribution in [0.4, 0.5) is 0 Å². The summed E-state index contributed by atoms with van der Waals surface area (Å²) in [5.74, 6) is 2.66. The van der Waals surface area contributed by atoms with Gasteiger partial charge in [0.1, 0.15) is 0 Å². The lowest BCUT2D eigenvalue weighted by atomic mass is 9.92. The van der Waals surface area contributed by atoms with Crippen molar-refractivity contribution in [1.82, 2.24) is 20.0 Å². The summed E-state index contributed by atoms with van der Waals surface area (Å²) < 4.78 is 1.89. The van der Waals surface area contributed by atoms with Crippen molar-refractivity contribution in [1.29, 1.82) is 0 Å². The fourth-order valence-electron chi connectivity index (χ4n) is 3.26. The monoisotopic (exact) mass is 294 g/mol. The molecule has 3 atom stereocenters. The van der Waals surface area contributed by atoms with Gasteiger partial charge >= 0.3 is 0 Å². The molecular formula is C14H22N4OS. The van der Waals surface area contributed by atoms with Crippen LogP contribution in [0.2, 0.25) is 0 Å². The predicted octanol–water partition coefficient (Wildman–Crippen LogP) is 1.18. The van der Waals surface area contributed by atoms with Crippen molar-refractivity contribution in [2.24, 2.45) is 7.05 Å². The fraction of sp³-hybridized carbons (Fsp3) is 0.714. The summed E-state index contributed by atoms with van der Waals surface area (Å²) in [6, 6.07) is 3.03. The number of hydrogen-bond acceptors (Lipinski definition) is 4. The first kappa shape index (κ1) is 13.9. The number of nitrogens with one attached hydrogen (secondary N) is 1. The molecule has 0 spiro atoms. The number of rotatable bonds is 3. The van der Waals surface area contributed by atoms with Crippen molar-refractivity contribution in [2.75, 3.05) is 18.6 Å². The second-order valence-electron chi connectivity index (χ2n) is 5.70. The Hall–Kier alpha value is -1.01. The van der Waals surface area contributed by atoms with Crippen LogP contribution in [0.15, 0.2) is 12.3 Å². The van der Waals surface area contributed by atoms with Crippen molar-refractivity contribution < 1.29 is 4.79 Å². The number of carbonyl (C=O) groups excluding carboxylic acids is 1. The van der Waals surface area contributed by atoms with E-state index in [2.05, 4.69) is 10.4 Å². The zero-order valence-corrected chi connectivity index (χ0v) is 12.9. The molecule has 2 aliphatic rings. The lowest BCUT2D eigenvalue weighted by molar-refractivity contribution is -0.136. The van der Waals surface area contributed by atoms with Crippen molar-refractivity contribution in [3.63, 3.8) is 0 Å². The van der Waals surface area contributed by atoms with Gasteiger partial charge in [-0.05, 0) is 24.7 Å². The van der Waals surface area contributed by atoms with Gasteiger partial charge in [-0.15, -0.1) is 0 Å². The summed E-state index contributed by atoms with van der Waals surface area (Å²) in [6.45, 7) is 0. The van der Waals surface area contributed by atoms with Crippen molar-refractivity contribution in [3.8, 4) is 0 Å². The highest BCUT2D eigenvalue weighted by atomic mass is 32.2. The molecule has 1 aromatic rings. The third-order valence-electron chi connectivity index (χ3n) is 4.40. The number of hydrogen-bond donors (Lipinski definition) is 1. The van der Waals surface area contributed by atoms with E-state index in [0.29, 0.717) is 18.5 Å². The molecule has 0 radical (unpaired) electrons. The maximum atomic E-state index is 12.1. The lowest BCUT2D eigenvalue weighted by Crippen LogP contribution is -2.52. The molecule has 0 aromatic carbocycles. The Balaban J connectivity index is 1.82. The Morgan fingerprint density at radius 1 is 1.40 bits per heavy atom. The molecule has 5 nitrogen and oxygen atoms in total. The quantitative estimate of drug-likeness (QED) is 0.909. The van der Waals surface area contributed by atoms with Gasteiger partial charge in [0, 0.05) is 44.5 Å². The van der Waals surface area contributed by atoms with Crippen molar-refractivity contribution in [2.45, 2.75) is 37.4 Å². The van der Waals surface area contributed by atoms with Crippen LogP contribution >= 0.6 is 11.8 Å². The Morgan fingerprint density at radius 2 is 2.25 bits per heavy atom. The Kier molecular flexibility index (Phi) is 4.03. The fourth-order valence-corrected chi connectivity index (χ4v) is 4.43. The Bertz CT molecular complexity index is 483. The first-order valence-electron chi connectivity index (χ1n) is 7.24. The molecule has 3 rings (SSSR count). The van der Waals surface area contributed by atoms with Crippen LogP contribution in [0, 0.1) is 0 Å². The minimum Gasteiger partial charge on any atom is -0.336 e.